The zero-order chi connectivity index (χ0) is 15.2. The lowest BCUT2D eigenvalue weighted by Crippen LogP contribution is -2.80. The minimum Gasteiger partial charge on any atom is -0.321 e. The molecule has 1 aliphatic rings. The van der Waals surface area contributed by atoms with Crippen molar-refractivity contribution in [1.29, 1.82) is 0 Å². The molecule has 0 atom stereocenters. The van der Waals surface area contributed by atoms with Gasteiger partial charge in [-0.3, -0.25) is 0 Å². The molecule has 120 valence electrons. The maximum atomic E-state index is 4.01. The molecule has 1 fully saturated rings. The van der Waals surface area contributed by atoms with Gasteiger partial charge in [-0.05, 0) is 38.0 Å². The molecule has 0 aliphatic heterocycles. The predicted molar refractivity (Wildman–Crippen MR) is 95.7 cm³/mol. The van der Waals surface area contributed by atoms with E-state index in [1.165, 1.54) is 38.6 Å². The lowest BCUT2D eigenvalue weighted by molar-refractivity contribution is 0.442. The highest BCUT2D eigenvalue weighted by Gasteiger charge is 2.50. The molecule has 0 bridgehead atoms. The van der Waals surface area contributed by atoms with Gasteiger partial charge in [0, 0.05) is 0 Å². The first kappa shape index (κ1) is 18.4. The third-order valence-electron chi connectivity index (χ3n) is 4.64. The number of rotatable bonds is 8. The maximum Gasteiger partial charge on any atom is 0.280 e. The van der Waals surface area contributed by atoms with Crippen molar-refractivity contribution in [1.82, 2.24) is 14.2 Å². The van der Waals surface area contributed by atoms with Gasteiger partial charge < -0.3 is 14.2 Å². The van der Waals surface area contributed by atoms with Gasteiger partial charge in [0.2, 0.25) is 0 Å². The van der Waals surface area contributed by atoms with Gasteiger partial charge >= 0.3 is 0 Å². The minimum absolute atomic E-state index is 0.878. The van der Waals surface area contributed by atoms with E-state index in [0.29, 0.717) is 0 Å². The number of hydrogen-bond donors (Lipinski definition) is 2. The highest BCUT2D eigenvalue weighted by atomic mass is 28.4. The molecule has 1 rings (SSSR count). The molecule has 0 spiro atoms. The van der Waals surface area contributed by atoms with Crippen molar-refractivity contribution in [2.24, 2.45) is 0 Å². The van der Waals surface area contributed by atoms with Crippen LogP contribution in [0.5, 0.6) is 0 Å². The molecule has 0 aromatic rings. The van der Waals surface area contributed by atoms with E-state index < -0.39 is 16.8 Å². The van der Waals surface area contributed by atoms with Gasteiger partial charge in [-0.15, -0.1) is 0 Å². The first-order chi connectivity index (χ1) is 9.42. The van der Waals surface area contributed by atoms with Crippen LogP contribution < -0.4 is 9.96 Å². The van der Waals surface area contributed by atoms with E-state index >= 15 is 0 Å². The van der Waals surface area contributed by atoms with Crippen LogP contribution in [0.25, 0.3) is 0 Å². The quantitative estimate of drug-likeness (QED) is 0.670. The summed E-state index contributed by atoms with van der Waals surface area (Å²) in [6, 6.07) is 0. The summed E-state index contributed by atoms with van der Waals surface area (Å²) in [5.74, 6) is 0. The molecule has 20 heavy (non-hydrogen) atoms. The van der Waals surface area contributed by atoms with Crippen LogP contribution in [-0.2, 0) is 0 Å². The Hall–Kier alpha value is 0.314. The first-order valence-corrected chi connectivity index (χ1v) is 14.2. The molecule has 2 N–H and O–H groups in total. The smallest absolute Gasteiger partial charge is 0.280 e. The van der Waals surface area contributed by atoms with Crippen LogP contribution in [0.3, 0.4) is 0 Å². The normalized spacial score (nSPS) is 18.8. The van der Waals surface area contributed by atoms with Gasteiger partial charge in [0.05, 0.1) is 0 Å². The van der Waals surface area contributed by atoms with E-state index in [0.717, 1.165) is 18.6 Å². The van der Waals surface area contributed by atoms with Gasteiger partial charge in [0.1, 0.15) is 8.24 Å². The SMILES string of the molecule is CCN[Si](NCC)(C1CCCCC1)N(CC)[Si](C)(C)C. The fourth-order valence-electron chi connectivity index (χ4n) is 4.07. The van der Waals surface area contributed by atoms with Gasteiger partial charge in [-0.25, -0.2) is 0 Å². The van der Waals surface area contributed by atoms with Crippen molar-refractivity contribution in [3.8, 4) is 0 Å². The predicted octanol–water partition coefficient (Wildman–Crippen LogP) is 3.64. The molecule has 0 unspecified atom stereocenters. The highest BCUT2D eigenvalue weighted by Crippen LogP contribution is 2.37. The number of hydrogen-bond acceptors (Lipinski definition) is 3. The summed E-state index contributed by atoms with van der Waals surface area (Å²) in [5.41, 5.74) is 0.878. The summed E-state index contributed by atoms with van der Waals surface area (Å²) < 4.78 is 2.92. The van der Waals surface area contributed by atoms with E-state index in [1.54, 1.807) is 0 Å². The van der Waals surface area contributed by atoms with E-state index in [2.05, 4.69) is 54.6 Å². The summed E-state index contributed by atoms with van der Waals surface area (Å²) >= 11 is 0. The van der Waals surface area contributed by atoms with E-state index in [1.807, 2.05) is 0 Å². The Bertz CT molecular complexity index is 267. The van der Waals surface area contributed by atoms with Crippen LogP contribution in [0.2, 0.25) is 25.2 Å². The van der Waals surface area contributed by atoms with Gasteiger partial charge in [-0.2, -0.15) is 0 Å². The molecule has 1 saturated carbocycles. The molecule has 0 amide bonds. The highest BCUT2D eigenvalue weighted by molar-refractivity contribution is 6.89. The summed E-state index contributed by atoms with van der Waals surface area (Å²) in [4.78, 5) is 8.03. The maximum absolute atomic E-state index is 4.01. The molecule has 0 aromatic carbocycles. The Morgan fingerprint density at radius 1 is 0.900 bits per heavy atom. The fourth-order valence-corrected chi connectivity index (χ4v) is 14.6. The fraction of sp³-hybridized carbons (Fsp3) is 1.00. The third-order valence-corrected chi connectivity index (χ3v) is 14.4. The van der Waals surface area contributed by atoms with E-state index in [4.69, 9.17) is 0 Å². The second-order valence-corrected chi connectivity index (χ2v) is 16.0. The first-order valence-electron chi connectivity index (χ1n) is 8.70. The summed E-state index contributed by atoms with van der Waals surface area (Å²) in [6.45, 7) is 17.8. The van der Waals surface area contributed by atoms with Crippen molar-refractivity contribution < 1.29 is 0 Å². The molecular weight excluding hydrogens is 278 g/mol. The van der Waals surface area contributed by atoms with Crippen LogP contribution in [0, 0.1) is 0 Å². The largest absolute Gasteiger partial charge is 0.321 e. The van der Waals surface area contributed by atoms with Crippen LogP contribution in [0.15, 0.2) is 0 Å². The van der Waals surface area contributed by atoms with Crippen LogP contribution >= 0.6 is 0 Å². The Labute approximate surface area is 129 Å². The molecule has 0 heterocycles. The van der Waals surface area contributed by atoms with Crippen molar-refractivity contribution in [2.75, 3.05) is 19.6 Å². The zero-order valence-corrected chi connectivity index (χ0v) is 16.7. The lowest BCUT2D eigenvalue weighted by Gasteiger charge is -2.53. The Balaban J connectivity index is 3.13. The van der Waals surface area contributed by atoms with Gasteiger partial charge in [-0.1, -0.05) is 59.7 Å². The number of nitrogens with one attached hydrogen (secondary N) is 2. The molecule has 0 saturated heterocycles. The van der Waals surface area contributed by atoms with Gasteiger partial charge in [0.25, 0.3) is 8.56 Å². The van der Waals surface area contributed by atoms with Crippen LogP contribution in [-0.4, -0.2) is 40.7 Å². The molecule has 5 heteroatoms. The van der Waals surface area contributed by atoms with Crippen LogP contribution in [0.4, 0.5) is 0 Å². The van der Waals surface area contributed by atoms with E-state index in [-0.39, 0.29) is 0 Å². The molecule has 3 nitrogen and oxygen atoms in total. The second-order valence-electron chi connectivity index (χ2n) is 7.08. The topological polar surface area (TPSA) is 27.3 Å². The Kier molecular flexibility index (Phi) is 7.42. The molecule has 0 aromatic heterocycles. The van der Waals surface area contributed by atoms with Crippen molar-refractivity contribution >= 4 is 16.8 Å². The summed E-state index contributed by atoms with van der Waals surface area (Å²) in [6.07, 6.45) is 7.15. The summed E-state index contributed by atoms with van der Waals surface area (Å²) in [5, 5.41) is 0. The zero-order valence-electron chi connectivity index (χ0n) is 14.7. The Morgan fingerprint density at radius 2 is 1.40 bits per heavy atom. The van der Waals surface area contributed by atoms with Crippen molar-refractivity contribution in [3.05, 3.63) is 0 Å². The lowest BCUT2D eigenvalue weighted by atomic mass is 10.0. The third kappa shape index (κ3) is 4.16. The monoisotopic (exact) mass is 315 g/mol. The van der Waals surface area contributed by atoms with Crippen molar-refractivity contribution in [2.45, 2.75) is 78.1 Å². The van der Waals surface area contributed by atoms with Crippen molar-refractivity contribution in [3.63, 3.8) is 0 Å². The Morgan fingerprint density at radius 3 is 1.75 bits per heavy atom. The average molecular weight is 316 g/mol. The number of nitrogens with zero attached hydrogens (tertiary/aromatic N) is 1. The summed E-state index contributed by atoms with van der Waals surface area (Å²) in [7, 11) is -3.07. The molecule has 1 aliphatic carbocycles. The van der Waals surface area contributed by atoms with E-state index in [9.17, 15) is 0 Å². The molecule has 0 radical (unpaired) electrons. The standard InChI is InChI=1S/C15H37N3Si2/c1-7-16-20(17-8-2,15-13-11-10-12-14-15)18(9-3)19(4,5)6/h15-17H,7-14H2,1-6H3. The minimum atomic E-state index is -1.76. The van der Waals surface area contributed by atoms with Gasteiger partial charge in [0.15, 0.2) is 0 Å². The average Bonchev–Trinajstić information content (AvgIpc) is 2.39. The second kappa shape index (κ2) is 8.08. The van der Waals surface area contributed by atoms with Crippen LogP contribution in [0.1, 0.15) is 52.9 Å². The molecular formula is C15H37N3Si2.